The van der Waals surface area contributed by atoms with Gasteiger partial charge in [0, 0.05) is 29.3 Å². The molecule has 5 heterocycles. The minimum atomic E-state index is 0.766. The minimum absolute atomic E-state index is 0.766. The summed E-state index contributed by atoms with van der Waals surface area (Å²) in [6, 6.07) is 22.5. The third kappa shape index (κ3) is 27.0. The fourth-order valence-electron chi connectivity index (χ4n) is 8.73. The zero-order chi connectivity index (χ0) is 44.7. The van der Waals surface area contributed by atoms with Crippen LogP contribution in [-0.4, -0.2) is 0 Å². The first kappa shape index (κ1) is 55.8. The predicted octanol–water partition coefficient (Wildman–Crippen LogP) is 23.4. The summed E-state index contributed by atoms with van der Waals surface area (Å²) in [6.45, 7) is 9.22. The molecule has 0 saturated heterocycles. The maximum atomic E-state index is 2.46. The van der Waals surface area contributed by atoms with Crippen molar-refractivity contribution in [3.63, 3.8) is 0 Å². The van der Waals surface area contributed by atoms with Gasteiger partial charge in [-0.3, -0.25) is 0 Å². The van der Waals surface area contributed by atoms with Gasteiger partial charge in [0.15, 0.2) is 0 Å². The average Bonchev–Trinajstić information content (AvgIpc) is 4.16. The number of thiophene rings is 5. The van der Waals surface area contributed by atoms with Crippen LogP contribution in [0.25, 0.3) is 19.5 Å². The standard InChI is InChI=1S/C31H46S3.C23H42S.C4H4S/c1-3-5-7-9-11-12-14-16-19-26(18-15-13-10-8-6-4-2)27-21-22-30(33-27)31-24-23-29(34-31)28-20-17-25-32-28;1-3-5-7-9-11-12-14-16-19-22(23-20-17-21-24-23)18-15-13-10-8-6-4-2;1-2-4-5-3-1/h17,20-26H,3-16,18-19H2,1-2H3;17,20-22H,3-16,18-19H2,1-2H3;1-4H. The Hall–Kier alpha value is -1.50. The van der Waals surface area contributed by atoms with Crippen molar-refractivity contribution in [2.75, 3.05) is 0 Å². The van der Waals surface area contributed by atoms with Crippen LogP contribution in [0.1, 0.15) is 255 Å². The van der Waals surface area contributed by atoms with Gasteiger partial charge in [0.25, 0.3) is 0 Å². The number of hydrogen-bond donors (Lipinski definition) is 0. The molecule has 354 valence electrons. The Morgan fingerprint density at radius 3 is 1.05 bits per heavy atom. The summed E-state index contributed by atoms with van der Waals surface area (Å²) in [7, 11) is 0. The third-order valence-electron chi connectivity index (χ3n) is 12.6. The Morgan fingerprint density at radius 2 is 0.667 bits per heavy atom. The van der Waals surface area contributed by atoms with Crippen LogP contribution in [0, 0.1) is 0 Å². The molecule has 63 heavy (non-hydrogen) atoms. The highest BCUT2D eigenvalue weighted by atomic mass is 32.1. The monoisotopic (exact) mass is 949 g/mol. The highest BCUT2D eigenvalue weighted by molar-refractivity contribution is 7.26. The van der Waals surface area contributed by atoms with Crippen LogP contribution < -0.4 is 0 Å². The number of unbranched alkanes of at least 4 members (excludes halogenated alkanes) is 24. The molecule has 0 aliphatic carbocycles. The van der Waals surface area contributed by atoms with Gasteiger partial charge in [0.2, 0.25) is 0 Å². The van der Waals surface area contributed by atoms with Crippen molar-refractivity contribution in [3.05, 3.63) is 91.9 Å². The Bertz CT molecular complexity index is 1590. The van der Waals surface area contributed by atoms with Gasteiger partial charge in [0.1, 0.15) is 0 Å². The Kier molecular flexibility index (Phi) is 35.1. The summed E-state index contributed by atoms with van der Waals surface area (Å²) in [5, 5.41) is 8.52. The lowest BCUT2D eigenvalue weighted by molar-refractivity contribution is 0.488. The Morgan fingerprint density at radius 1 is 0.302 bits per heavy atom. The van der Waals surface area contributed by atoms with Crippen LogP contribution in [0.3, 0.4) is 0 Å². The molecule has 0 spiro atoms. The predicted molar refractivity (Wildman–Crippen MR) is 296 cm³/mol. The van der Waals surface area contributed by atoms with Crippen molar-refractivity contribution in [1.29, 1.82) is 0 Å². The van der Waals surface area contributed by atoms with E-state index in [0.29, 0.717) is 0 Å². The van der Waals surface area contributed by atoms with Gasteiger partial charge in [-0.1, -0.05) is 232 Å². The van der Waals surface area contributed by atoms with Gasteiger partial charge in [0.05, 0.1) is 0 Å². The summed E-state index contributed by atoms with van der Waals surface area (Å²) in [5.74, 6) is 1.61. The quantitative estimate of drug-likeness (QED) is 0.0351. The van der Waals surface area contributed by atoms with Gasteiger partial charge < -0.3 is 0 Å². The van der Waals surface area contributed by atoms with Crippen molar-refractivity contribution < 1.29 is 0 Å². The van der Waals surface area contributed by atoms with E-state index in [4.69, 9.17) is 0 Å². The van der Waals surface area contributed by atoms with E-state index in [9.17, 15) is 0 Å². The molecule has 0 bridgehead atoms. The Balaban J connectivity index is 0.000000316. The molecule has 0 amide bonds. The fraction of sp³-hybridized carbons (Fsp3) is 0.655. The van der Waals surface area contributed by atoms with Gasteiger partial charge in [-0.15, -0.1) is 45.3 Å². The lowest BCUT2D eigenvalue weighted by atomic mass is 9.93. The van der Waals surface area contributed by atoms with Gasteiger partial charge in [-0.2, -0.15) is 11.3 Å². The highest BCUT2D eigenvalue weighted by Crippen LogP contribution is 2.42. The van der Waals surface area contributed by atoms with Gasteiger partial charge in [-0.25, -0.2) is 0 Å². The topological polar surface area (TPSA) is 0 Å². The molecule has 0 aliphatic heterocycles. The highest BCUT2D eigenvalue weighted by Gasteiger charge is 2.16. The van der Waals surface area contributed by atoms with E-state index in [2.05, 4.69) is 98.3 Å². The maximum absolute atomic E-state index is 2.46. The van der Waals surface area contributed by atoms with E-state index in [1.807, 2.05) is 56.9 Å². The lowest BCUT2D eigenvalue weighted by Crippen LogP contribution is -1.97. The van der Waals surface area contributed by atoms with Crippen molar-refractivity contribution in [2.45, 2.75) is 245 Å². The molecule has 5 aromatic heterocycles. The molecule has 0 fully saturated rings. The van der Waals surface area contributed by atoms with Crippen LogP contribution in [0.15, 0.2) is 82.2 Å². The minimum Gasteiger partial charge on any atom is -0.152 e. The van der Waals surface area contributed by atoms with Crippen LogP contribution in [0.5, 0.6) is 0 Å². The first-order valence-corrected chi connectivity index (χ1v) is 30.8. The van der Waals surface area contributed by atoms with E-state index in [0.717, 1.165) is 11.8 Å². The van der Waals surface area contributed by atoms with E-state index in [1.54, 1.807) is 21.1 Å². The average molecular weight is 950 g/mol. The van der Waals surface area contributed by atoms with Crippen molar-refractivity contribution >= 4 is 56.7 Å². The SMILES string of the molecule is CCCCCCCCCCC(CCCCCCCC)c1ccc(-c2ccc(-c3cccs3)s2)s1.CCCCCCCCCCC(CCCCCCCC)c1cccs1.c1ccsc1. The van der Waals surface area contributed by atoms with Gasteiger partial charge >= 0.3 is 0 Å². The van der Waals surface area contributed by atoms with E-state index < -0.39 is 0 Å². The van der Waals surface area contributed by atoms with Crippen molar-refractivity contribution in [1.82, 2.24) is 0 Å². The van der Waals surface area contributed by atoms with E-state index >= 15 is 0 Å². The first-order valence-electron chi connectivity index (χ1n) is 26.4. The van der Waals surface area contributed by atoms with Crippen LogP contribution >= 0.6 is 56.7 Å². The lowest BCUT2D eigenvalue weighted by Gasteiger charge is -2.15. The number of hydrogen-bond acceptors (Lipinski definition) is 5. The van der Waals surface area contributed by atoms with Crippen molar-refractivity contribution in [3.8, 4) is 19.5 Å². The fourth-order valence-corrected chi connectivity index (χ4v) is 13.2. The van der Waals surface area contributed by atoms with Crippen LogP contribution in [0.4, 0.5) is 0 Å². The summed E-state index contributed by atoms with van der Waals surface area (Å²) in [6.07, 6.45) is 45.4. The first-order chi connectivity index (χ1) is 31.2. The molecule has 0 aromatic carbocycles. The second kappa shape index (κ2) is 39.6. The maximum Gasteiger partial charge on any atom is 0.0449 e. The largest absolute Gasteiger partial charge is 0.152 e. The smallest absolute Gasteiger partial charge is 0.0449 e. The molecule has 0 aliphatic rings. The van der Waals surface area contributed by atoms with Crippen LogP contribution in [-0.2, 0) is 0 Å². The second-order valence-electron chi connectivity index (χ2n) is 18.2. The molecule has 0 radical (unpaired) electrons. The molecule has 5 aromatic rings. The summed E-state index contributed by atoms with van der Waals surface area (Å²) >= 11 is 9.55. The molecule has 2 atom stereocenters. The van der Waals surface area contributed by atoms with E-state index in [1.165, 1.54) is 225 Å². The summed E-state index contributed by atoms with van der Waals surface area (Å²) in [5.41, 5.74) is 0. The molecule has 0 N–H and O–H groups in total. The molecule has 0 nitrogen and oxygen atoms in total. The number of rotatable bonds is 36. The molecular weight excluding hydrogens is 857 g/mol. The Labute approximate surface area is 410 Å². The third-order valence-corrected chi connectivity index (χ3v) is 17.9. The van der Waals surface area contributed by atoms with Gasteiger partial charge in [-0.05, 0) is 95.4 Å². The molecule has 5 rings (SSSR count). The zero-order valence-electron chi connectivity index (χ0n) is 40.9. The zero-order valence-corrected chi connectivity index (χ0v) is 45.0. The van der Waals surface area contributed by atoms with Crippen molar-refractivity contribution in [2.24, 2.45) is 0 Å². The summed E-state index contributed by atoms with van der Waals surface area (Å²) in [4.78, 5) is 8.98. The van der Waals surface area contributed by atoms with Crippen LogP contribution in [0.2, 0.25) is 0 Å². The second-order valence-corrected chi connectivity index (χ2v) is 23.1. The molecular formula is C58H92S5. The molecule has 2 unspecified atom stereocenters. The molecule has 0 saturated carbocycles. The van der Waals surface area contributed by atoms with E-state index in [-0.39, 0.29) is 0 Å². The normalized spacial score (nSPS) is 12.1. The summed E-state index contributed by atoms with van der Waals surface area (Å²) < 4.78 is 0. The molecule has 5 heteroatoms.